The van der Waals surface area contributed by atoms with Crippen LogP contribution in [0.4, 0.5) is 0 Å². The number of hydrogen-bond donors (Lipinski definition) is 0. The first-order chi connectivity index (χ1) is 8.15. The van der Waals surface area contributed by atoms with Crippen LogP contribution in [0.5, 0.6) is 0 Å². The molecule has 17 heavy (non-hydrogen) atoms. The number of benzene rings is 1. The number of Topliss-reactive ketones (excluding diaryl/α,β-unsaturated/α-hetero) is 1. The molecule has 0 bridgehead atoms. The number of aryl methyl sites for hydroxylation is 1. The van der Waals surface area contributed by atoms with Gasteiger partial charge in [-0.15, -0.1) is 0 Å². The first-order valence-corrected chi connectivity index (χ1v) is 6.45. The van der Waals surface area contributed by atoms with Gasteiger partial charge in [-0.05, 0) is 13.0 Å². The van der Waals surface area contributed by atoms with Gasteiger partial charge in [0.1, 0.15) is 11.5 Å². The largest absolute Gasteiger partial charge is 0.360 e. The number of hydrogen-bond acceptors (Lipinski definition) is 3. The highest BCUT2D eigenvalue weighted by Crippen LogP contribution is 2.31. The highest BCUT2D eigenvalue weighted by molar-refractivity contribution is 9.09. The molecule has 0 radical (unpaired) electrons. The molecule has 0 unspecified atom stereocenters. The Kier molecular flexibility index (Phi) is 3.64. The monoisotopic (exact) mass is 313 g/mol. The van der Waals surface area contributed by atoms with Crippen molar-refractivity contribution in [3.63, 3.8) is 0 Å². The van der Waals surface area contributed by atoms with Gasteiger partial charge in [-0.25, -0.2) is 0 Å². The minimum atomic E-state index is -0.0707. The van der Waals surface area contributed by atoms with Crippen LogP contribution in [0.15, 0.2) is 28.8 Å². The maximum atomic E-state index is 11.8. The number of rotatable bonds is 3. The van der Waals surface area contributed by atoms with Crippen molar-refractivity contribution in [1.29, 1.82) is 0 Å². The maximum absolute atomic E-state index is 11.8. The van der Waals surface area contributed by atoms with Gasteiger partial charge in [0.05, 0.1) is 15.9 Å². The second-order valence-corrected chi connectivity index (χ2v) is 4.47. The van der Waals surface area contributed by atoms with Crippen molar-refractivity contribution in [1.82, 2.24) is 5.16 Å². The van der Waals surface area contributed by atoms with Crippen molar-refractivity contribution in [2.24, 2.45) is 0 Å². The lowest BCUT2D eigenvalue weighted by atomic mass is 10.0. The highest BCUT2D eigenvalue weighted by atomic mass is 79.9. The second kappa shape index (κ2) is 5.02. The number of nitrogens with zero attached hydrogens (tertiary/aromatic N) is 1. The van der Waals surface area contributed by atoms with Gasteiger partial charge in [0, 0.05) is 5.56 Å². The van der Waals surface area contributed by atoms with E-state index in [1.165, 1.54) is 0 Å². The Labute approximate surface area is 112 Å². The van der Waals surface area contributed by atoms with E-state index in [-0.39, 0.29) is 11.1 Å². The molecule has 0 saturated carbocycles. The summed E-state index contributed by atoms with van der Waals surface area (Å²) in [6.07, 6.45) is 0. The summed E-state index contributed by atoms with van der Waals surface area (Å²) in [6, 6.07) is 7.23. The second-order valence-electron chi connectivity index (χ2n) is 3.50. The molecule has 1 aromatic heterocycles. The third-order valence-electron chi connectivity index (χ3n) is 2.39. The molecule has 0 atom stereocenters. The molecule has 0 aliphatic rings. The Morgan fingerprint density at radius 1 is 1.47 bits per heavy atom. The topological polar surface area (TPSA) is 43.1 Å². The molecule has 0 saturated heterocycles. The van der Waals surface area contributed by atoms with E-state index in [1.54, 1.807) is 13.0 Å². The predicted molar refractivity (Wildman–Crippen MR) is 69.8 cm³/mol. The molecule has 0 N–H and O–H groups in total. The molecule has 2 aromatic rings. The van der Waals surface area contributed by atoms with Gasteiger partial charge in [0.15, 0.2) is 5.78 Å². The fraction of sp³-hybridized carbons (Fsp3) is 0.167. The van der Waals surface area contributed by atoms with Gasteiger partial charge in [-0.1, -0.05) is 50.9 Å². The number of aromatic nitrogens is 1. The van der Waals surface area contributed by atoms with Crippen molar-refractivity contribution in [2.45, 2.75) is 6.92 Å². The number of halogens is 2. The summed E-state index contributed by atoms with van der Waals surface area (Å²) in [5, 5.41) is 4.69. The smallest absolute Gasteiger partial charge is 0.179 e. The molecule has 0 fully saturated rings. The minimum absolute atomic E-state index is 0.0707. The molecule has 0 aliphatic heterocycles. The van der Waals surface area contributed by atoms with Crippen LogP contribution in [-0.4, -0.2) is 16.3 Å². The number of carbonyl (C=O) groups is 1. The Morgan fingerprint density at radius 3 is 2.82 bits per heavy atom. The summed E-state index contributed by atoms with van der Waals surface area (Å²) in [5.74, 6) is 0.433. The summed E-state index contributed by atoms with van der Waals surface area (Å²) in [5.41, 5.74) is 1.68. The molecule has 1 heterocycles. The van der Waals surface area contributed by atoms with Crippen molar-refractivity contribution < 1.29 is 9.32 Å². The summed E-state index contributed by atoms with van der Waals surface area (Å²) >= 11 is 9.23. The van der Waals surface area contributed by atoms with E-state index in [4.69, 9.17) is 16.1 Å². The van der Waals surface area contributed by atoms with Crippen molar-refractivity contribution in [2.75, 3.05) is 5.33 Å². The van der Waals surface area contributed by atoms with Crippen molar-refractivity contribution >= 4 is 33.3 Å². The van der Waals surface area contributed by atoms with E-state index >= 15 is 0 Å². The molecule has 0 spiro atoms. The zero-order valence-corrected chi connectivity index (χ0v) is 11.4. The van der Waals surface area contributed by atoms with Crippen LogP contribution in [-0.2, 0) is 0 Å². The first kappa shape index (κ1) is 12.3. The van der Waals surface area contributed by atoms with Gasteiger partial charge in [-0.3, -0.25) is 4.79 Å². The van der Waals surface area contributed by atoms with Crippen LogP contribution in [0.1, 0.15) is 16.1 Å². The average molecular weight is 315 g/mol. The number of ketones is 1. The van der Waals surface area contributed by atoms with Crippen LogP contribution < -0.4 is 0 Å². The molecular formula is C12H9BrClNO2. The van der Waals surface area contributed by atoms with Gasteiger partial charge < -0.3 is 4.52 Å². The van der Waals surface area contributed by atoms with Crippen LogP contribution in [0.25, 0.3) is 11.3 Å². The van der Waals surface area contributed by atoms with Crippen LogP contribution in [0, 0.1) is 6.92 Å². The quantitative estimate of drug-likeness (QED) is 0.638. The third-order valence-corrected chi connectivity index (χ3v) is 3.23. The van der Waals surface area contributed by atoms with Gasteiger partial charge >= 0.3 is 0 Å². The normalized spacial score (nSPS) is 10.5. The lowest BCUT2D eigenvalue weighted by Crippen LogP contribution is -2.02. The van der Waals surface area contributed by atoms with E-state index in [2.05, 4.69) is 21.1 Å². The molecule has 1 aromatic carbocycles. The summed E-state index contributed by atoms with van der Waals surface area (Å²) < 4.78 is 5.08. The SMILES string of the molecule is Cc1onc(-c2ccccc2Cl)c1C(=O)CBr. The summed E-state index contributed by atoms with van der Waals surface area (Å²) in [6.45, 7) is 1.71. The van der Waals surface area contributed by atoms with E-state index < -0.39 is 0 Å². The Bertz CT molecular complexity index is 565. The van der Waals surface area contributed by atoms with Gasteiger partial charge in [-0.2, -0.15) is 0 Å². The molecule has 0 aliphatic carbocycles. The van der Waals surface area contributed by atoms with Crippen molar-refractivity contribution in [3.05, 3.63) is 40.6 Å². The molecule has 88 valence electrons. The first-order valence-electron chi connectivity index (χ1n) is 4.95. The number of alkyl halides is 1. The number of carbonyl (C=O) groups excluding carboxylic acids is 1. The Balaban J connectivity index is 2.61. The fourth-order valence-corrected chi connectivity index (χ4v) is 2.11. The van der Waals surface area contributed by atoms with Gasteiger partial charge in [0.2, 0.25) is 0 Å². The van der Waals surface area contributed by atoms with E-state index in [0.717, 1.165) is 0 Å². The molecule has 2 rings (SSSR count). The van der Waals surface area contributed by atoms with Crippen LogP contribution in [0.2, 0.25) is 5.02 Å². The van der Waals surface area contributed by atoms with E-state index in [1.807, 2.05) is 18.2 Å². The van der Waals surface area contributed by atoms with E-state index in [0.29, 0.717) is 27.6 Å². The lowest BCUT2D eigenvalue weighted by Gasteiger charge is -2.01. The maximum Gasteiger partial charge on any atom is 0.179 e. The minimum Gasteiger partial charge on any atom is -0.360 e. The summed E-state index contributed by atoms with van der Waals surface area (Å²) in [7, 11) is 0. The lowest BCUT2D eigenvalue weighted by molar-refractivity contribution is 0.102. The van der Waals surface area contributed by atoms with E-state index in [9.17, 15) is 4.79 Å². The molecular weight excluding hydrogens is 305 g/mol. The molecule has 0 amide bonds. The van der Waals surface area contributed by atoms with Gasteiger partial charge in [0.25, 0.3) is 0 Å². The predicted octanol–water partition coefficient (Wildman–Crippen LogP) is 3.88. The highest BCUT2D eigenvalue weighted by Gasteiger charge is 2.21. The van der Waals surface area contributed by atoms with Crippen LogP contribution >= 0.6 is 27.5 Å². The molecule has 5 heteroatoms. The zero-order valence-electron chi connectivity index (χ0n) is 9.04. The Morgan fingerprint density at radius 2 is 2.18 bits per heavy atom. The third kappa shape index (κ3) is 2.28. The standard InChI is InChI=1S/C12H9BrClNO2/c1-7-11(10(16)6-13)12(15-17-7)8-4-2-3-5-9(8)14/h2-5H,6H2,1H3. The fourth-order valence-electron chi connectivity index (χ4n) is 1.60. The average Bonchev–Trinajstić information content (AvgIpc) is 2.71. The zero-order chi connectivity index (χ0) is 12.4. The Hall–Kier alpha value is -1.13. The summed E-state index contributed by atoms with van der Waals surface area (Å²) in [4.78, 5) is 11.8. The van der Waals surface area contributed by atoms with Crippen LogP contribution in [0.3, 0.4) is 0 Å². The van der Waals surface area contributed by atoms with Crippen molar-refractivity contribution in [3.8, 4) is 11.3 Å². The molecule has 3 nitrogen and oxygen atoms in total.